The van der Waals surface area contributed by atoms with Gasteiger partial charge in [-0.2, -0.15) is 0 Å². The zero-order chi connectivity index (χ0) is 25.4. The van der Waals surface area contributed by atoms with E-state index < -0.39 is 17.9 Å². The zero-order valence-electron chi connectivity index (χ0n) is 19.3. The summed E-state index contributed by atoms with van der Waals surface area (Å²) in [5, 5.41) is 9.40. The number of rotatable bonds is 9. The Morgan fingerprint density at radius 2 is 1.37 bits per heavy atom. The van der Waals surface area contributed by atoms with Gasteiger partial charge in [-0.1, -0.05) is 73.4 Å². The van der Waals surface area contributed by atoms with E-state index in [0.717, 1.165) is 11.1 Å². The van der Waals surface area contributed by atoms with E-state index >= 15 is 0 Å². The third-order valence-electron chi connectivity index (χ3n) is 5.35. The first kappa shape index (κ1) is 26.2. The van der Waals surface area contributed by atoms with E-state index in [4.69, 9.17) is 23.2 Å². The van der Waals surface area contributed by atoms with E-state index in [9.17, 15) is 14.4 Å². The van der Waals surface area contributed by atoms with Crippen LogP contribution in [0.3, 0.4) is 0 Å². The van der Waals surface area contributed by atoms with Gasteiger partial charge in [0, 0.05) is 35.5 Å². The Morgan fingerprint density at radius 3 is 1.94 bits per heavy atom. The van der Waals surface area contributed by atoms with Crippen molar-refractivity contribution < 1.29 is 14.4 Å². The molecular weight excluding hydrogens is 487 g/mol. The normalized spacial score (nSPS) is 11.6. The highest BCUT2D eigenvalue weighted by molar-refractivity contribution is 6.31. The summed E-state index contributed by atoms with van der Waals surface area (Å²) in [6.07, 6.45) is 2.74. The summed E-state index contributed by atoms with van der Waals surface area (Å²) in [6.45, 7) is 4.06. The molecule has 3 N–H and O–H groups in total. The first-order valence-electron chi connectivity index (χ1n) is 11.1. The minimum atomic E-state index is -0.822. The largest absolute Gasteiger partial charge is 0.350 e. The van der Waals surface area contributed by atoms with Crippen molar-refractivity contribution in [1.82, 2.24) is 20.9 Å². The van der Waals surface area contributed by atoms with Gasteiger partial charge < -0.3 is 16.0 Å². The Labute approximate surface area is 214 Å². The highest BCUT2D eigenvalue weighted by Crippen LogP contribution is 2.16. The highest BCUT2D eigenvalue weighted by atomic mass is 35.5. The molecule has 0 spiro atoms. The third-order valence-corrected chi connectivity index (χ3v) is 6.09. The number of pyridine rings is 1. The van der Waals surface area contributed by atoms with Gasteiger partial charge in [0.15, 0.2) is 0 Å². The van der Waals surface area contributed by atoms with Crippen molar-refractivity contribution in [3.05, 3.63) is 99.3 Å². The molecule has 0 aliphatic carbocycles. The monoisotopic (exact) mass is 512 g/mol. The second kappa shape index (κ2) is 12.3. The molecule has 1 aromatic heterocycles. The molecule has 9 heteroatoms. The Kier molecular flexibility index (Phi) is 9.23. The van der Waals surface area contributed by atoms with Crippen molar-refractivity contribution in [2.45, 2.75) is 33.0 Å². The van der Waals surface area contributed by atoms with Crippen LogP contribution in [0.1, 0.15) is 45.7 Å². The molecule has 0 aliphatic heterocycles. The summed E-state index contributed by atoms with van der Waals surface area (Å²) in [5.74, 6) is -1.59. The summed E-state index contributed by atoms with van der Waals surface area (Å²) in [5.41, 5.74) is 1.72. The van der Waals surface area contributed by atoms with Gasteiger partial charge in [-0.15, -0.1) is 0 Å². The fourth-order valence-corrected chi connectivity index (χ4v) is 3.78. The molecule has 0 bridgehead atoms. The van der Waals surface area contributed by atoms with Crippen LogP contribution in [0.4, 0.5) is 0 Å². The number of amides is 3. The molecular formula is C26H26Cl2N4O3. The number of benzene rings is 2. The van der Waals surface area contributed by atoms with Crippen molar-refractivity contribution in [2.75, 3.05) is 0 Å². The topological polar surface area (TPSA) is 100 Å². The maximum Gasteiger partial charge on any atom is 0.253 e. The van der Waals surface area contributed by atoms with E-state index in [-0.39, 0.29) is 36.0 Å². The zero-order valence-corrected chi connectivity index (χ0v) is 20.9. The Morgan fingerprint density at radius 1 is 0.800 bits per heavy atom. The van der Waals surface area contributed by atoms with Gasteiger partial charge in [0.1, 0.15) is 6.04 Å². The summed E-state index contributed by atoms with van der Waals surface area (Å²) in [4.78, 5) is 42.8. The second-order valence-corrected chi connectivity index (χ2v) is 9.01. The maximum atomic E-state index is 13.1. The molecule has 3 rings (SSSR count). The van der Waals surface area contributed by atoms with Crippen LogP contribution in [-0.2, 0) is 17.9 Å². The number of hydrogen-bond acceptors (Lipinski definition) is 4. The molecule has 0 saturated carbocycles. The van der Waals surface area contributed by atoms with Crippen LogP contribution in [0, 0.1) is 5.92 Å². The van der Waals surface area contributed by atoms with Crippen LogP contribution in [0.15, 0.2) is 67.0 Å². The van der Waals surface area contributed by atoms with Crippen LogP contribution >= 0.6 is 23.2 Å². The van der Waals surface area contributed by atoms with Crippen molar-refractivity contribution in [3.8, 4) is 0 Å². The average molecular weight is 513 g/mol. The molecule has 0 fully saturated rings. The first-order chi connectivity index (χ1) is 16.8. The molecule has 0 saturated heterocycles. The molecule has 3 aromatic rings. The summed E-state index contributed by atoms with van der Waals surface area (Å²) < 4.78 is 0. The number of nitrogens with zero attached hydrogens (tertiary/aromatic N) is 1. The lowest BCUT2D eigenvalue weighted by Crippen LogP contribution is -2.49. The van der Waals surface area contributed by atoms with Crippen LogP contribution in [0.25, 0.3) is 0 Å². The predicted octanol–water partition coefficient (Wildman–Crippen LogP) is 4.39. The quantitative estimate of drug-likeness (QED) is 0.395. The number of hydrogen-bond donors (Lipinski definition) is 3. The Balaban J connectivity index is 1.69. The maximum absolute atomic E-state index is 13.1. The van der Waals surface area contributed by atoms with E-state index in [1.165, 1.54) is 18.5 Å². The molecule has 7 nitrogen and oxygen atoms in total. The predicted molar refractivity (Wildman–Crippen MR) is 136 cm³/mol. The molecule has 1 heterocycles. The molecule has 0 aliphatic rings. The van der Waals surface area contributed by atoms with Crippen LogP contribution in [-0.4, -0.2) is 28.7 Å². The number of halogens is 2. The minimum Gasteiger partial charge on any atom is -0.350 e. The summed E-state index contributed by atoms with van der Waals surface area (Å²) in [7, 11) is 0. The summed E-state index contributed by atoms with van der Waals surface area (Å²) >= 11 is 12.3. The first-order valence-corrected chi connectivity index (χ1v) is 11.8. The van der Waals surface area contributed by atoms with Crippen LogP contribution < -0.4 is 16.0 Å². The molecule has 182 valence electrons. The van der Waals surface area contributed by atoms with Gasteiger partial charge in [0.2, 0.25) is 5.91 Å². The van der Waals surface area contributed by atoms with E-state index in [0.29, 0.717) is 10.0 Å². The molecule has 3 amide bonds. The smallest absolute Gasteiger partial charge is 0.253 e. The number of carbonyl (C=O) groups excluding carboxylic acids is 3. The van der Waals surface area contributed by atoms with Gasteiger partial charge in [-0.25, -0.2) is 0 Å². The van der Waals surface area contributed by atoms with Gasteiger partial charge >= 0.3 is 0 Å². The summed E-state index contributed by atoms with van der Waals surface area (Å²) in [6, 6.07) is 15.0. The van der Waals surface area contributed by atoms with Crippen LogP contribution in [0.2, 0.25) is 10.0 Å². The molecule has 0 radical (unpaired) electrons. The third kappa shape index (κ3) is 7.04. The second-order valence-electron chi connectivity index (χ2n) is 8.20. The molecule has 35 heavy (non-hydrogen) atoms. The molecule has 1 atom stereocenters. The fourth-order valence-electron chi connectivity index (χ4n) is 3.37. The molecule has 0 unspecified atom stereocenters. The van der Waals surface area contributed by atoms with Crippen molar-refractivity contribution in [2.24, 2.45) is 5.92 Å². The van der Waals surface area contributed by atoms with Crippen molar-refractivity contribution in [3.63, 3.8) is 0 Å². The van der Waals surface area contributed by atoms with E-state index in [1.54, 1.807) is 24.3 Å². The van der Waals surface area contributed by atoms with Gasteiger partial charge in [0.05, 0.1) is 11.1 Å². The lowest BCUT2D eigenvalue weighted by Gasteiger charge is -2.22. The van der Waals surface area contributed by atoms with Crippen molar-refractivity contribution >= 4 is 40.9 Å². The molecule has 2 aromatic carbocycles. The highest BCUT2D eigenvalue weighted by Gasteiger charge is 2.26. The minimum absolute atomic E-state index is 0.0936. The van der Waals surface area contributed by atoms with Crippen LogP contribution in [0.5, 0.6) is 0 Å². The SMILES string of the molecule is CC(C)[C@H](NC(=O)c1ccncc1C(=O)NCc1ccccc1Cl)C(=O)NCc1ccccc1Cl. The lowest BCUT2D eigenvalue weighted by atomic mass is 10.0. The standard InChI is InChI=1S/C26H26Cl2N4O3/c1-16(2)23(26(35)31-14-18-8-4-6-10-22(18)28)32-25(34)19-11-12-29-15-20(19)24(33)30-13-17-7-3-5-9-21(17)27/h3-12,15-16,23H,13-14H2,1-2H3,(H,30,33)(H,31,35)(H,32,34)/t23-/m0/s1. The number of carbonyl (C=O) groups is 3. The van der Waals surface area contributed by atoms with Crippen molar-refractivity contribution in [1.29, 1.82) is 0 Å². The van der Waals surface area contributed by atoms with E-state index in [1.807, 2.05) is 38.1 Å². The fraction of sp³-hybridized carbons (Fsp3) is 0.231. The Bertz CT molecular complexity index is 1220. The number of aromatic nitrogens is 1. The Hall–Kier alpha value is -3.42. The van der Waals surface area contributed by atoms with Gasteiger partial charge in [0.25, 0.3) is 11.8 Å². The number of nitrogens with one attached hydrogen (secondary N) is 3. The van der Waals surface area contributed by atoms with E-state index in [2.05, 4.69) is 20.9 Å². The van der Waals surface area contributed by atoms with Gasteiger partial charge in [-0.05, 0) is 35.2 Å². The van der Waals surface area contributed by atoms with Gasteiger partial charge in [-0.3, -0.25) is 19.4 Å². The average Bonchev–Trinajstić information content (AvgIpc) is 2.85. The lowest BCUT2D eigenvalue weighted by molar-refractivity contribution is -0.124.